The zero-order valence-electron chi connectivity index (χ0n) is 21.1. The van der Waals surface area contributed by atoms with E-state index in [1.807, 2.05) is 55.5 Å². The Balaban J connectivity index is 1.24. The fraction of sp³-hybridized carbons (Fsp3) is 0.276. The van der Waals surface area contributed by atoms with E-state index in [1.54, 1.807) is 17.0 Å². The van der Waals surface area contributed by atoms with Crippen LogP contribution >= 0.6 is 0 Å². The molecule has 9 heteroatoms. The van der Waals surface area contributed by atoms with Crippen molar-refractivity contribution in [3.63, 3.8) is 0 Å². The SMILES string of the molecule is Cc1cc(C(=O)N2CCC[C@H]2CO)ccc1-c1cccc(COc2ccc(Cn3oc(=O)[nH]c3=O)cc2)c1. The van der Waals surface area contributed by atoms with E-state index >= 15 is 0 Å². The van der Waals surface area contributed by atoms with Crippen molar-refractivity contribution in [1.82, 2.24) is 14.6 Å². The standard InChI is InChI=1S/C29H29N3O6/c1-19-14-23(27(34)31-13-3-6-24(31)17-33)9-12-26(19)22-5-2-4-21(15-22)18-37-25-10-7-20(8-11-25)16-32-28(35)30-29(36)38-32/h2,4-5,7-12,14-15,24,33H,3,6,13,16-18H2,1H3,(H,30,35,36)/t24-/m0/s1. The summed E-state index contributed by atoms with van der Waals surface area (Å²) in [6, 6.07) is 21.0. The van der Waals surface area contributed by atoms with Crippen molar-refractivity contribution >= 4 is 5.91 Å². The molecule has 1 aromatic heterocycles. The molecule has 3 aromatic carbocycles. The Morgan fingerprint density at radius 3 is 2.61 bits per heavy atom. The number of aliphatic hydroxyl groups is 1. The van der Waals surface area contributed by atoms with Crippen LogP contribution in [0.5, 0.6) is 5.75 Å². The van der Waals surface area contributed by atoms with Crippen LogP contribution < -0.4 is 16.2 Å². The summed E-state index contributed by atoms with van der Waals surface area (Å²) >= 11 is 0. The summed E-state index contributed by atoms with van der Waals surface area (Å²) in [5, 5.41) is 9.57. The van der Waals surface area contributed by atoms with Crippen molar-refractivity contribution in [1.29, 1.82) is 0 Å². The fourth-order valence-corrected chi connectivity index (χ4v) is 4.85. The number of H-pyrrole nitrogens is 1. The lowest BCUT2D eigenvalue weighted by Crippen LogP contribution is -2.37. The van der Waals surface area contributed by atoms with Crippen LogP contribution in [0, 0.1) is 6.92 Å². The molecule has 0 bridgehead atoms. The van der Waals surface area contributed by atoms with Gasteiger partial charge in [0.25, 0.3) is 5.91 Å². The van der Waals surface area contributed by atoms with E-state index in [0.29, 0.717) is 24.5 Å². The molecule has 0 saturated carbocycles. The van der Waals surface area contributed by atoms with Gasteiger partial charge in [-0.3, -0.25) is 4.79 Å². The highest BCUT2D eigenvalue weighted by Crippen LogP contribution is 2.27. The number of rotatable bonds is 8. The van der Waals surface area contributed by atoms with E-state index < -0.39 is 11.4 Å². The van der Waals surface area contributed by atoms with Gasteiger partial charge in [-0.25, -0.2) is 14.6 Å². The number of benzene rings is 3. The van der Waals surface area contributed by atoms with Gasteiger partial charge in [0, 0.05) is 12.1 Å². The minimum Gasteiger partial charge on any atom is -0.489 e. The number of ether oxygens (including phenoxy) is 1. The van der Waals surface area contributed by atoms with Crippen LogP contribution in [0.25, 0.3) is 11.1 Å². The molecule has 1 aliphatic heterocycles. The molecule has 1 atom stereocenters. The van der Waals surface area contributed by atoms with Gasteiger partial charge in [0.2, 0.25) is 0 Å². The molecule has 0 aliphatic carbocycles. The van der Waals surface area contributed by atoms with Gasteiger partial charge in [0.15, 0.2) is 0 Å². The van der Waals surface area contributed by atoms with Crippen LogP contribution in [0.1, 0.15) is 39.9 Å². The second kappa shape index (κ2) is 10.9. The molecule has 9 nitrogen and oxygen atoms in total. The minimum atomic E-state index is -0.782. The number of amides is 1. The molecule has 0 radical (unpaired) electrons. The van der Waals surface area contributed by atoms with Gasteiger partial charge < -0.3 is 19.3 Å². The average Bonchev–Trinajstić information content (AvgIpc) is 3.53. The molecule has 1 saturated heterocycles. The topological polar surface area (TPSA) is 118 Å². The van der Waals surface area contributed by atoms with Gasteiger partial charge in [-0.05, 0) is 77.9 Å². The van der Waals surface area contributed by atoms with Gasteiger partial charge >= 0.3 is 11.4 Å². The largest absolute Gasteiger partial charge is 0.489 e. The van der Waals surface area contributed by atoms with Crippen LogP contribution in [0.4, 0.5) is 0 Å². The Kier molecular flexibility index (Phi) is 7.28. The van der Waals surface area contributed by atoms with Gasteiger partial charge in [-0.15, -0.1) is 4.74 Å². The lowest BCUT2D eigenvalue weighted by Gasteiger charge is -2.23. The number of aromatic amines is 1. The third-order valence-electron chi connectivity index (χ3n) is 6.84. The van der Waals surface area contributed by atoms with Crippen LogP contribution in [0.3, 0.4) is 0 Å². The third-order valence-corrected chi connectivity index (χ3v) is 6.84. The zero-order chi connectivity index (χ0) is 26.6. The molecule has 2 N–H and O–H groups in total. The molecule has 5 rings (SSSR count). The lowest BCUT2D eigenvalue weighted by molar-refractivity contribution is 0.0677. The van der Waals surface area contributed by atoms with Crippen LogP contribution in [0.15, 0.2) is 80.8 Å². The highest BCUT2D eigenvalue weighted by Gasteiger charge is 2.28. The number of aliphatic hydroxyl groups excluding tert-OH is 1. The van der Waals surface area contributed by atoms with Crippen molar-refractivity contribution in [2.24, 2.45) is 0 Å². The number of aryl methyl sites for hydroxylation is 1. The maximum Gasteiger partial charge on any atom is 0.440 e. The summed E-state index contributed by atoms with van der Waals surface area (Å²) in [6.07, 6.45) is 1.76. The highest BCUT2D eigenvalue weighted by atomic mass is 16.5. The first kappa shape index (κ1) is 25.3. The number of aromatic nitrogens is 2. The highest BCUT2D eigenvalue weighted by molar-refractivity contribution is 5.95. The number of nitrogens with one attached hydrogen (secondary N) is 1. The van der Waals surface area contributed by atoms with E-state index in [4.69, 9.17) is 9.26 Å². The molecule has 38 heavy (non-hydrogen) atoms. The zero-order valence-corrected chi connectivity index (χ0v) is 21.1. The first-order valence-electron chi connectivity index (χ1n) is 12.6. The van der Waals surface area contributed by atoms with Crippen LogP contribution in [-0.2, 0) is 13.2 Å². The summed E-state index contributed by atoms with van der Waals surface area (Å²) in [4.78, 5) is 39.6. The molecule has 196 valence electrons. The molecule has 0 unspecified atom stereocenters. The Bertz CT molecular complexity index is 1550. The van der Waals surface area contributed by atoms with E-state index in [-0.39, 0.29) is 25.1 Å². The summed E-state index contributed by atoms with van der Waals surface area (Å²) in [7, 11) is 0. The number of hydrogen-bond acceptors (Lipinski definition) is 6. The predicted molar refractivity (Wildman–Crippen MR) is 141 cm³/mol. The van der Waals surface area contributed by atoms with Crippen molar-refractivity contribution in [2.45, 2.75) is 39.0 Å². The third kappa shape index (κ3) is 5.47. The summed E-state index contributed by atoms with van der Waals surface area (Å²) in [5.41, 5.74) is 4.91. The molecule has 1 fully saturated rings. The van der Waals surface area contributed by atoms with Crippen LogP contribution in [-0.4, -0.2) is 44.8 Å². The molecule has 0 spiro atoms. The smallest absolute Gasteiger partial charge is 0.440 e. The molecule has 4 aromatic rings. The number of likely N-dealkylation sites (tertiary alicyclic amines) is 1. The Hall–Kier alpha value is -4.37. The van der Waals surface area contributed by atoms with Crippen molar-refractivity contribution in [3.8, 4) is 16.9 Å². The second-order valence-electron chi connectivity index (χ2n) is 9.49. The van der Waals surface area contributed by atoms with Crippen LogP contribution in [0.2, 0.25) is 0 Å². The van der Waals surface area contributed by atoms with Crippen molar-refractivity contribution in [2.75, 3.05) is 13.2 Å². The summed E-state index contributed by atoms with van der Waals surface area (Å²) in [5.74, 6) is -0.145. The Morgan fingerprint density at radius 1 is 1.08 bits per heavy atom. The number of nitrogens with zero attached hydrogens (tertiary/aromatic N) is 2. The van der Waals surface area contributed by atoms with E-state index in [0.717, 1.165) is 45.4 Å². The Labute approximate surface area is 218 Å². The average molecular weight is 516 g/mol. The normalized spacial score (nSPS) is 15.1. The van der Waals surface area contributed by atoms with E-state index in [9.17, 15) is 19.5 Å². The van der Waals surface area contributed by atoms with Crippen molar-refractivity contribution < 1.29 is 19.2 Å². The number of carbonyl (C=O) groups is 1. The monoisotopic (exact) mass is 515 g/mol. The lowest BCUT2D eigenvalue weighted by atomic mass is 9.96. The quantitative estimate of drug-likeness (QED) is 0.372. The molecular formula is C29H29N3O6. The van der Waals surface area contributed by atoms with Gasteiger partial charge in [-0.1, -0.05) is 36.4 Å². The number of hydrogen-bond donors (Lipinski definition) is 2. The molecule has 1 aliphatic rings. The molecular weight excluding hydrogens is 486 g/mol. The Morgan fingerprint density at radius 2 is 1.89 bits per heavy atom. The maximum atomic E-state index is 13.0. The second-order valence-corrected chi connectivity index (χ2v) is 9.49. The predicted octanol–water partition coefficient (Wildman–Crippen LogP) is 3.33. The summed E-state index contributed by atoms with van der Waals surface area (Å²) < 4.78 is 11.7. The van der Waals surface area contributed by atoms with Gasteiger partial charge in [0.1, 0.15) is 12.4 Å². The first-order chi connectivity index (χ1) is 18.4. The molecule has 2 heterocycles. The van der Waals surface area contributed by atoms with E-state index in [1.165, 1.54) is 0 Å². The minimum absolute atomic E-state index is 0.00371. The van der Waals surface area contributed by atoms with Gasteiger partial charge in [-0.2, -0.15) is 0 Å². The van der Waals surface area contributed by atoms with E-state index in [2.05, 4.69) is 11.1 Å². The fourth-order valence-electron chi connectivity index (χ4n) is 4.85. The summed E-state index contributed by atoms with van der Waals surface area (Å²) in [6.45, 7) is 3.18. The number of carbonyl (C=O) groups excluding carboxylic acids is 1. The first-order valence-corrected chi connectivity index (χ1v) is 12.6. The molecule has 1 amide bonds. The maximum absolute atomic E-state index is 13.0. The van der Waals surface area contributed by atoms with Gasteiger partial charge in [0.05, 0.1) is 19.2 Å². The van der Waals surface area contributed by atoms with Crippen molar-refractivity contribution in [3.05, 3.63) is 110 Å².